The zero-order valence-electron chi connectivity index (χ0n) is 31.6. The lowest BCUT2D eigenvalue weighted by molar-refractivity contribution is -0.116. The largest absolute Gasteiger partial charge is 0.397 e. The second kappa shape index (κ2) is 18.3. The van der Waals surface area contributed by atoms with Gasteiger partial charge in [-0.1, -0.05) is 43.5 Å². The van der Waals surface area contributed by atoms with Crippen molar-refractivity contribution in [3.8, 4) is 0 Å². The van der Waals surface area contributed by atoms with Crippen molar-refractivity contribution in [3.05, 3.63) is 93.8 Å². The Morgan fingerprint density at radius 3 is 2.43 bits per heavy atom. The molecule has 2 aliphatic rings. The molecule has 6 rings (SSSR count). The number of unbranched alkanes of at least 4 members (excludes halogenated alkanes) is 4. The number of para-hydroxylation sites is 2. The highest BCUT2D eigenvalue weighted by Gasteiger charge is 2.24. The number of rotatable bonds is 16. The van der Waals surface area contributed by atoms with Gasteiger partial charge < -0.3 is 26.2 Å². The van der Waals surface area contributed by atoms with Crippen LogP contribution in [0, 0.1) is 5.82 Å². The van der Waals surface area contributed by atoms with Crippen LogP contribution in [-0.4, -0.2) is 91.1 Å². The van der Waals surface area contributed by atoms with Crippen molar-refractivity contribution < 1.29 is 14.0 Å². The molecule has 3 heterocycles. The fourth-order valence-corrected chi connectivity index (χ4v) is 7.22. The summed E-state index contributed by atoms with van der Waals surface area (Å²) in [4.78, 5) is 49.8. The Balaban J connectivity index is 0.985. The Kier molecular flexibility index (Phi) is 13.1. The van der Waals surface area contributed by atoms with E-state index in [-0.39, 0.29) is 17.4 Å². The van der Waals surface area contributed by atoms with Crippen LogP contribution >= 0.6 is 0 Å². The molecule has 2 amide bonds. The third-order valence-corrected chi connectivity index (χ3v) is 10.3. The van der Waals surface area contributed by atoms with E-state index in [1.165, 1.54) is 6.07 Å². The van der Waals surface area contributed by atoms with Gasteiger partial charge in [-0.2, -0.15) is 0 Å². The van der Waals surface area contributed by atoms with Gasteiger partial charge in [-0.15, -0.1) is 0 Å². The molecule has 0 spiro atoms. The molecular formula is C42H53FN8O3. The minimum atomic E-state index is -0.396. The summed E-state index contributed by atoms with van der Waals surface area (Å²) in [6, 6.07) is 17.8. The molecule has 0 saturated carbocycles. The van der Waals surface area contributed by atoms with Crippen molar-refractivity contribution in [2.45, 2.75) is 57.9 Å². The van der Waals surface area contributed by atoms with Crippen molar-refractivity contribution in [3.63, 3.8) is 0 Å². The van der Waals surface area contributed by atoms with Crippen LogP contribution in [0.3, 0.4) is 0 Å². The number of carbonyl (C=O) groups is 2. The van der Waals surface area contributed by atoms with Crippen LogP contribution in [0.1, 0.15) is 73.1 Å². The highest BCUT2D eigenvalue weighted by Crippen LogP contribution is 2.30. The molecule has 1 aromatic heterocycles. The Morgan fingerprint density at radius 1 is 0.926 bits per heavy atom. The van der Waals surface area contributed by atoms with Crippen molar-refractivity contribution >= 4 is 51.4 Å². The molecule has 0 radical (unpaired) electrons. The summed E-state index contributed by atoms with van der Waals surface area (Å²) in [6.07, 6.45) is 9.17. The summed E-state index contributed by atoms with van der Waals surface area (Å²) in [5, 5.41) is 6.15. The van der Waals surface area contributed by atoms with Crippen LogP contribution in [0.2, 0.25) is 0 Å². The van der Waals surface area contributed by atoms with E-state index in [4.69, 9.17) is 10.7 Å². The number of nitrogens with zero attached hydrogens (tertiary/aromatic N) is 5. The molecule has 4 N–H and O–H groups in total. The van der Waals surface area contributed by atoms with E-state index in [1.807, 2.05) is 62.6 Å². The van der Waals surface area contributed by atoms with E-state index in [9.17, 15) is 14.4 Å². The first-order valence-electron chi connectivity index (χ1n) is 19.3. The zero-order valence-corrected chi connectivity index (χ0v) is 31.6. The van der Waals surface area contributed by atoms with Crippen molar-refractivity contribution in [2.75, 3.05) is 75.9 Å². The number of fused-ring (bicyclic) bond motifs is 2. The molecule has 0 atom stereocenters. The number of benzene rings is 3. The van der Waals surface area contributed by atoms with Crippen LogP contribution in [-0.2, 0) is 11.3 Å². The summed E-state index contributed by atoms with van der Waals surface area (Å²) >= 11 is 0. The standard InChI is InChI=1S/C42H53FN8O3/c1-48(2)20-10-19-45-41(53)31-16-14-30(15-17-31)27-32-18-22-51-40(32)47-37-29-38(34(43)28-33(37)42(51)54)50-25-23-49(24-26-50)21-9-5-3-4-6-13-39(52)46-36-12-8-7-11-35(36)44/h7-8,11-12,14-17,27-29H,3-6,9-10,13,18-26,44H2,1-2H3,(H,45,53)(H,46,52)/b32-27+. The zero-order chi connectivity index (χ0) is 38.0. The maximum Gasteiger partial charge on any atom is 0.261 e. The Morgan fingerprint density at radius 2 is 1.67 bits per heavy atom. The molecule has 54 heavy (non-hydrogen) atoms. The minimum absolute atomic E-state index is 0.00476. The van der Waals surface area contributed by atoms with Gasteiger partial charge in [0.2, 0.25) is 5.91 Å². The van der Waals surface area contributed by atoms with Gasteiger partial charge in [0.05, 0.1) is 28.0 Å². The lowest BCUT2D eigenvalue weighted by Gasteiger charge is -2.36. The summed E-state index contributed by atoms with van der Waals surface area (Å²) < 4.78 is 17.2. The first-order chi connectivity index (χ1) is 26.2. The lowest BCUT2D eigenvalue weighted by Crippen LogP contribution is -2.47. The number of amides is 2. The number of carbonyl (C=O) groups excluding carboxylic acids is 2. The topological polar surface area (TPSA) is 129 Å². The molecule has 4 aromatic rings. The lowest BCUT2D eigenvalue weighted by atomic mass is 10.1. The van der Waals surface area contributed by atoms with Crippen molar-refractivity contribution in [1.29, 1.82) is 0 Å². The van der Waals surface area contributed by atoms with Gasteiger partial charge in [0.1, 0.15) is 11.6 Å². The number of nitrogens with one attached hydrogen (secondary N) is 2. The number of hydrogen-bond donors (Lipinski definition) is 3. The van der Waals surface area contributed by atoms with E-state index >= 15 is 4.39 Å². The van der Waals surface area contributed by atoms with Crippen molar-refractivity contribution in [1.82, 2.24) is 24.7 Å². The normalized spacial score (nSPS) is 15.3. The van der Waals surface area contributed by atoms with Gasteiger partial charge >= 0.3 is 0 Å². The number of aromatic nitrogens is 2. The van der Waals surface area contributed by atoms with Crippen LogP contribution in [0.4, 0.5) is 21.5 Å². The molecule has 2 aliphatic heterocycles. The average Bonchev–Trinajstić information content (AvgIpc) is 3.56. The average molecular weight is 737 g/mol. The maximum absolute atomic E-state index is 15.5. The van der Waals surface area contributed by atoms with E-state index in [2.05, 4.69) is 25.3 Å². The number of piperazine rings is 1. The summed E-state index contributed by atoms with van der Waals surface area (Å²) in [6.45, 7) is 6.09. The van der Waals surface area contributed by atoms with Gasteiger partial charge in [-0.05, 0) is 106 Å². The number of nitrogen functional groups attached to an aromatic ring is 1. The molecule has 0 bridgehead atoms. The van der Waals surface area contributed by atoms with E-state index in [1.54, 1.807) is 16.7 Å². The molecule has 286 valence electrons. The minimum Gasteiger partial charge on any atom is -0.397 e. The van der Waals surface area contributed by atoms with Crippen LogP contribution < -0.4 is 26.8 Å². The van der Waals surface area contributed by atoms with Gasteiger partial charge in [0.15, 0.2) is 0 Å². The summed E-state index contributed by atoms with van der Waals surface area (Å²) in [5.41, 5.74) is 10.4. The number of halogens is 1. The van der Waals surface area contributed by atoms with E-state index in [0.717, 1.165) is 75.8 Å². The van der Waals surface area contributed by atoms with Crippen LogP contribution in [0.5, 0.6) is 0 Å². The van der Waals surface area contributed by atoms with Gasteiger partial charge in [0.25, 0.3) is 11.5 Å². The SMILES string of the molecule is CN(C)CCCNC(=O)c1ccc(/C=C2\CCn3c2nc2cc(N4CCN(CCCCCCCC(=O)Nc5ccccc5N)CC4)c(F)cc2c3=O)cc1. The molecule has 1 saturated heterocycles. The molecule has 3 aromatic carbocycles. The second-order valence-electron chi connectivity index (χ2n) is 14.6. The first kappa shape index (κ1) is 38.6. The van der Waals surface area contributed by atoms with E-state index < -0.39 is 5.82 Å². The highest BCUT2D eigenvalue weighted by atomic mass is 19.1. The third kappa shape index (κ3) is 9.91. The number of hydrogen-bond acceptors (Lipinski definition) is 8. The summed E-state index contributed by atoms with van der Waals surface area (Å²) in [5.74, 6) is 0.112. The molecular weight excluding hydrogens is 684 g/mol. The highest BCUT2D eigenvalue weighted by molar-refractivity contribution is 5.95. The predicted octanol–water partition coefficient (Wildman–Crippen LogP) is 5.84. The van der Waals surface area contributed by atoms with Crippen molar-refractivity contribution in [2.24, 2.45) is 0 Å². The van der Waals surface area contributed by atoms with Gasteiger partial charge in [-0.25, -0.2) is 9.37 Å². The number of anilines is 3. The van der Waals surface area contributed by atoms with Crippen LogP contribution in [0.25, 0.3) is 22.6 Å². The predicted molar refractivity (Wildman–Crippen MR) is 216 cm³/mol. The third-order valence-electron chi connectivity index (χ3n) is 10.3. The molecule has 1 fully saturated rings. The summed E-state index contributed by atoms with van der Waals surface area (Å²) in [7, 11) is 4.02. The van der Waals surface area contributed by atoms with Gasteiger partial charge in [0, 0.05) is 51.3 Å². The number of allylic oxidation sites excluding steroid dienone is 1. The fourth-order valence-electron chi connectivity index (χ4n) is 7.22. The molecule has 0 aliphatic carbocycles. The molecule has 0 unspecified atom stereocenters. The second-order valence-corrected chi connectivity index (χ2v) is 14.6. The fraction of sp³-hybridized carbons (Fsp3) is 0.429. The Bertz CT molecular complexity index is 2020. The first-order valence-corrected chi connectivity index (χ1v) is 19.3. The molecule has 11 nitrogen and oxygen atoms in total. The monoisotopic (exact) mass is 736 g/mol. The quantitative estimate of drug-likeness (QED) is 0.0967. The van der Waals surface area contributed by atoms with Crippen LogP contribution in [0.15, 0.2) is 65.5 Å². The molecule has 12 heteroatoms. The van der Waals surface area contributed by atoms with Gasteiger partial charge in [-0.3, -0.25) is 23.9 Å². The number of nitrogens with two attached hydrogens (primary N) is 1. The Hall–Kier alpha value is -5.07. The maximum atomic E-state index is 15.5. The van der Waals surface area contributed by atoms with E-state index in [0.29, 0.717) is 78.4 Å². The smallest absolute Gasteiger partial charge is 0.261 e. The Labute approximate surface area is 317 Å².